The van der Waals surface area contributed by atoms with Crippen molar-refractivity contribution < 1.29 is 4.79 Å². The van der Waals surface area contributed by atoms with Crippen LogP contribution >= 0.6 is 0 Å². The van der Waals surface area contributed by atoms with E-state index in [4.69, 9.17) is 4.98 Å². The van der Waals surface area contributed by atoms with Gasteiger partial charge in [-0.15, -0.1) is 0 Å². The number of imidazole rings is 1. The van der Waals surface area contributed by atoms with E-state index in [-0.39, 0.29) is 11.8 Å². The van der Waals surface area contributed by atoms with Crippen LogP contribution in [0.3, 0.4) is 0 Å². The van der Waals surface area contributed by atoms with Crippen LogP contribution in [0.4, 0.5) is 0 Å². The Bertz CT molecular complexity index is 899. The van der Waals surface area contributed by atoms with E-state index in [1.807, 2.05) is 13.8 Å². The zero-order valence-corrected chi connectivity index (χ0v) is 17.7. The number of amides is 1. The molecule has 3 aromatic rings. The zero-order chi connectivity index (χ0) is 20.5. The Labute approximate surface area is 174 Å². The van der Waals surface area contributed by atoms with E-state index in [0.717, 1.165) is 57.1 Å². The number of nitrogens with zero attached hydrogens (tertiary/aromatic N) is 2. The summed E-state index contributed by atoms with van der Waals surface area (Å²) in [6.45, 7) is 5.62. The summed E-state index contributed by atoms with van der Waals surface area (Å²) in [5, 5.41) is 3.00. The monoisotopic (exact) mass is 391 g/mol. The number of carbonyl (C=O) groups excluding carboxylic acids is 1. The van der Waals surface area contributed by atoms with E-state index in [1.165, 1.54) is 16.9 Å². The van der Waals surface area contributed by atoms with Crippen LogP contribution in [0.1, 0.15) is 50.9 Å². The maximum Gasteiger partial charge on any atom is 0.222 e. The van der Waals surface area contributed by atoms with Gasteiger partial charge in [0.25, 0.3) is 0 Å². The molecule has 0 saturated carbocycles. The van der Waals surface area contributed by atoms with Gasteiger partial charge in [-0.05, 0) is 43.4 Å². The third-order valence-electron chi connectivity index (χ3n) is 5.32. The van der Waals surface area contributed by atoms with Crippen molar-refractivity contribution in [3.63, 3.8) is 0 Å². The number of rotatable bonds is 11. The molecule has 0 bridgehead atoms. The molecule has 0 aliphatic rings. The highest BCUT2D eigenvalue weighted by Gasteiger charge is 2.10. The molecule has 4 nitrogen and oxygen atoms in total. The summed E-state index contributed by atoms with van der Waals surface area (Å²) in [6, 6.07) is 19.1. The number of unbranched alkanes of at least 4 members (excludes halogenated alkanes) is 2. The van der Waals surface area contributed by atoms with Crippen LogP contribution in [0.25, 0.3) is 11.0 Å². The maximum atomic E-state index is 11.6. The molecule has 4 heteroatoms. The van der Waals surface area contributed by atoms with Crippen molar-refractivity contribution in [3.8, 4) is 0 Å². The average Bonchev–Trinajstić information content (AvgIpc) is 3.08. The molecule has 0 aliphatic carbocycles. The van der Waals surface area contributed by atoms with Crippen molar-refractivity contribution >= 4 is 16.9 Å². The Morgan fingerprint density at radius 1 is 0.931 bits per heavy atom. The number of hydrogen-bond acceptors (Lipinski definition) is 2. The lowest BCUT2D eigenvalue weighted by atomic mass is 10.1. The molecule has 1 amide bonds. The number of aromatic nitrogens is 2. The van der Waals surface area contributed by atoms with E-state index in [1.54, 1.807) is 0 Å². The first-order valence-electron chi connectivity index (χ1n) is 10.9. The van der Waals surface area contributed by atoms with Gasteiger partial charge in [0, 0.05) is 25.4 Å². The van der Waals surface area contributed by atoms with Crippen LogP contribution in [-0.4, -0.2) is 22.0 Å². The summed E-state index contributed by atoms with van der Waals surface area (Å²) in [5.41, 5.74) is 3.72. The molecule has 1 aromatic heterocycles. The molecule has 0 unspecified atom stereocenters. The normalized spacial score (nSPS) is 11.3. The SMILES string of the molecule is CC(C)C(=O)NCCCCCc1nc2ccccc2n1CCCc1ccccc1. The van der Waals surface area contributed by atoms with Gasteiger partial charge in [0.05, 0.1) is 11.0 Å². The lowest BCUT2D eigenvalue weighted by Gasteiger charge is -2.10. The van der Waals surface area contributed by atoms with Crippen molar-refractivity contribution in [2.45, 2.75) is 58.9 Å². The van der Waals surface area contributed by atoms with Gasteiger partial charge in [0.2, 0.25) is 5.91 Å². The Morgan fingerprint density at radius 3 is 2.48 bits per heavy atom. The number of carbonyl (C=O) groups is 1. The van der Waals surface area contributed by atoms with Crippen LogP contribution < -0.4 is 5.32 Å². The van der Waals surface area contributed by atoms with E-state index in [0.29, 0.717) is 0 Å². The summed E-state index contributed by atoms with van der Waals surface area (Å²) < 4.78 is 2.40. The number of nitrogens with one attached hydrogen (secondary N) is 1. The molecule has 29 heavy (non-hydrogen) atoms. The zero-order valence-electron chi connectivity index (χ0n) is 17.7. The Balaban J connectivity index is 1.53. The highest BCUT2D eigenvalue weighted by Crippen LogP contribution is 2.19. The highest BCUT2D eigenvalue weighted by atomic mass is 16.1. The number of para-hydroxylation sites is 2. The lowest BCUT2D eigenvalue weighted by Crippen LogP contribution is -2.28. The number of benzene rings is 2. The molecule has 2 aromatic carbocycles. The molecular weight excluding hydrogens is 358 g/mol. The van der Waals surface area contributed by atoms with E-state index < -0.39 is 0 Å². The highest BCUT2D eigenvalue weighted by molar-refractivity contribution is 5.77. The molecule has 0 aliphatic heterocycles. The summed E-state index contributed by atoms with van der Waals surface area (Å²) in [7, 11) is 0. The minimum atomic E-state index is 0.0609. The molecule has 0 saturated heterocycles. The average molecular weight is 392 g/mol. The quantitative estimate of drug-likeness (QED) is 0.459. The molecule has 0 fully saturated rings. The Hall–Kier alpha value is -2.62. The van der Waals surface area contributed by atoms with Crippen molar-refractivity contribution in [1.29, 1.82) is 0 Å². The number of hydrogen-bond donors (Lipinski definition) is 1. The first-order valence-corrected chi connectivity index (χ1v) is 10.9. The van der Waals surface area contributed by atoms with Crippen molar-refractivity contribution in [2.24, 2.45) is 5.92 Å². The summed E-state index contributed by atoms with van der Waals surface area (Å²) in [6.07, 6.45) is 6.40. The minimum Gasteiger partial charge on any atom is -0.356 e. The van der Waals surface area contributed by atoms with Crippen LogP contribution in [0.5, 0.6) is 0 Å². The second-order valence-corrected chi connectivity index (χ2v) is 8.01. The third kappa shape index (κ3) is 6.18. The molecule has 1 N–H and O–H groups in total. The molecule has 1 heterocycles. The van der Waals surface area contributed by atoms with E-state index in [9.17, 15) is 4.79 Å². The van der Waals surface area contributed by atoms with Gasteiger partial charge in [-0.3, -0.25) is 4.79 Å². The second kappa shape index (κ2) is 10.8. The minimum absolute atomic E-state index is 0.0609. The molecule has 0 atom stereocenters. The van der Waals surface area contributed by atoms with Gasteiger partial charge >= 0.3 is 0 Å². The van der Waals surface area contributed by atoms with Crippen LogP contribution in [0.2, 0.25) is 0 Å². The fourth-order valence-electron chi connectivity index (χ4n) is 3.65. The fraction of sp³-hybridized carbons (Fsp3) is 0.440. The van der Waals surface area contributed by atoms with Crippen LogP contribution in [0, 0.1) is 5.92 Å². The lowest BCUT2D eigenvalue weighted by molar-refractivity contribution is -0.123. The molecule has 154 valence electrons. The fourth-order valence-corrected chi connectivity index (χ4v) is 3.65. The Kier molecular flexibility index (Phi) is 7.85. The first-order chi connectivity index (χ1) is 14.1. The summed E-state index contributed by atoms with van der Waals surface area (Å²) >= 11 is 0. The summed E-state index contributed by atoms with van der Waals surface area (Å²) in [4.78, 5) is 16.5. The van der Waals surface area contributed by atoms with Crippen LogP contribution in [0.15, 0.2) is 54.6 Å². The van der Waals surface area contributed by atoms with Crippen molar-refractivity contribution in [2.75, 3.05) is 6.54 Å². The summed E-state index contributed by atoms with van der Waals surface area (Å²) in [5.74, 6) is 1.39. The van der Waals surface area contributed by atoms with Crippen molar-refractivity contribution in [1.82, 2.24) is 14.9 Å². The Morgan fingerprint density at radius 2 is 1.69 bits per heavy atom. The van der Waals surface area contributed by atoms with Gasteiger partial charge in [0.1, 0.15) is 5.82 Å². The molecule has 0 spiro atoms. The smallest absolute Gasteiger partial charge is 0.222 e. The maximum absolute atomic E-state index is 11.6. The predicted octanol–water partition coefficient (Wildman–Crippen LogP) is 5.15. The van der Waals surface area contributed by atoms with Crippen molar-refractivity contribution in [3.05, 3.63) is 66.0 Å². The molecule has 3 rings (SSSR count). The van der Waals surface area contributed by atoms with E-state index in [2.05, 4.69) is 64.5 Å². The first kappa shape index (κ1) is 21.1. The van der Waals surface area contributed by atoms with Gasteiger partial charge < -0.3 is 9.88 Å². The van der Waals surface area contributed by atoms with Gasteiger partial charge in [-0.1, -0.05) is 62.7 Å². The second-order valence-electron chi connectivity index (χ2n) is 8.01. The topological polar surface area (TPSA) is 46.9 Å². The van der Waals surface area contributed by atoms with E-state index >= 15 is 0 Å². The predicted molar refractivity (Wildman–Crippen MR) is 120 cm³/mol. The largest absolute Gasteiger partial charge is 0.356 e. The van der Waals surface area contributed by atoms with Crippen LogP contribution in [-0.2, 0) is 24.2 Å². The van der Waals surface area contributed by atoms with Gasteiger partial charge in [-0.25, -0.2) is 4.98 Å². The standard InChI is InChI=1S/C25H33N3O/c1-20(2)25(29)26-18-10-4-7-17-24-27-22-15-8-9-16-23(22)28(24)19-11-14-21-12-5-3-6-13-21/h3,5-6,8-9,12-13,15-16,20H,4,7,10-11,14,17-19H2,1-2H3,(H,26,29). The molecule has 0 radical (unpaired) electrons. The van der Waals surface area contributed by atoms with Gasteiger partial charge in [0.15, 0.2) is 0 Å². The molecular formula is C25H33N3O. The number of aryl methyl sites for hydroxylation is 3. The number of fused-ring (bicyclic) bond motifs is 1. The van der Waals surface area contributed by atoms with Gasteiger partial charge in [-0.2, -0.15) is 0 Å². The third-order valence-corrected chi connectivity index (χ3v) is 5.32.